The summed E-state index contributed by atoms with van der Waals surface area (Å²) in [5.74, 6) is -3.71. The molecule has 0 saturated carbocycles. The van der Waals surface area contributed by atoms with Gasteiger partial charge in [0.2, 0.25) is 0 Å². The summed E-state index contributed by atoms with van der Waals surface area (Å²) in [5, 5.41) is 0. The second-order valence-electron chi connectivity index (χ2n) is 2.86. The van der Waals surface area contributed by atoms with Crippen LogP contribution in [0.25, 0.3) is 0 Å². The van der Waals surface area contributed by atoms with Crippen LogP contribution in [0.4, 0.5) is 13.2 Å². The molecular formula is C9H10F3NO. The van der Waals surface area contributed by atoms with Gasteiger partial charge in [-0.1, -0.05) is 0 Å². The van der Waals surface area contributed by atoms with Crippen LogP contribution in [-0.4, -0.2) is 12.6 Å². The van der Waals surface area contributed by atoms with Crippen LogP contribution in [0.15, 0.2) is 12.1 Å². The molecule has 0 aliphatic heterocycles. The van der Waals surface area contributed by atoms with Crippen molar-refractivity contribution < 1.29 is 17.9 Å². The molecule has 1 rings (SSSR count). The van der Waals surface area contributed by atoms with Gasteiger partial charge in [0, 0.05) is 18.7 Å². The van der Waals surface area contributed by atoms with E-state index in [9.17, 15) is 13.2 Å². The van der Waals surface area contributed by atoms with Gasteiger partial charge in [-0.15, -0.1) is 0 Å². The minimum absolute atomic E-state index is 0.121. The Labute approximate surface area is 79.5 Å². The summed E-state index contributed by atoms with van der Waals surface area (Å²) < 4.78 is 43.2. The summed E-state index contributed by atoms with van der Waals surface area (Å²) in [6.07, 6.45) is -0.524. The Bertz CT molecular complexity index is 307. The third kappa shape index (κ3) is 2.38. The van der Waals surface area contributed by atoms with Gasteiger partial charge in [-0.2, -0.15) is 0 Å². The first-order valence-corrected chi connectivity index (χ1v) is 4.06. The van der Waals surface area contributed by atoms with Crippen molar-refractivity contribution in [2.75, 3.05) is 6.54 Å². The molecule has 78 valence electrons. The Morgan fingerprint density at radius 2 is 1.79 bits per heavy atom. The van der Waals surface area contributed by atoms with Crippen molar-refractivity contribution in [3.05, 3.63) is 29.6 Å². The zero-order chi connectivity index (χ0) is 10.7. The molecule has 2 N–H and O–H groups in total. The minimum Gasteiger partial charge on any atom is -0.483 e. The molecule has 1 unspecified atom stereocenters. The number of benzene rings is 1. The van der Waals surface area contributed by atoms with Crippen molar-refractivity contribution in [3.8, 4) is 5.75 Å². The van der Waals surface area contributed by atoms with Crippen molar-refractivity contribution in [2.24, 2.45) is 5.73 Å². The van der Waals surface area contributed by atoms with E-state index in [4.69, 9.17) is 10.5 Å². The molecule has 0 bridgehead atoms. The zero-order valence-corrected chi connectivity index (χ0v) is 7.56. The van der Waals surface area contributed by atoms with Gasteiger partial charge in [0.05, 0.1) is 0 Å². The first-order valence-electron chi connectivity index (χ1n) is 4.06. The van der Waals surface area contributed by atoms with E-state index in [2.05, 4.69) is 0 Å². The first-order chi connectivity index (χ1) is 6.54. The van der Waals surface area contributed by atoms with Crippen LogP contribution in [0.3, 0.4) is 0 Å². The standard InChI is InChI=1S/C9H10F3NO/c1-5(4-13)14-9-7(11)2-6(10)3-8(9)12/h2-3,5H,4,13H2,1H3. The Balaban J connectivity index is 2.96. The number of hydrogen-bond donors (Lipinski definition) is 1. The Morgan fingerprint density at radius 1 is 1.29 bits per heavy atom. The maximum Gasteiger partial charge on any atom is 0.191 e. The summed E-state index contributed by atoms with van der Waals surface area (Å²) in [5.41, 5.74) is 5.21. The SMILES string of the molecule is CC(CN)Oc1c(F)cc(F)cc1F. The molecule has 14 heavy (non-hydrogen) atoms. The van der Waals surface area contributed by atoms with Gasteiger partial charge in [-0.3, -0.25) is 0 Å². The molecule has 0 aliphatic rings. The van der Waals surface area contributed by atoms with Crippen molar-refractivity contribution in [3.63, 3.8) is 0 Å². The Kier molecular flexibility index (Phi) is 3.35. The number of ether oxygens (including phenoxy) is 1. The third-order valence-corrected chi connectivity index (χ3v) is 1.61. The third-order valence-electron chi connectivity index (χ3n) is 1.61. The van der Waals surface area contributed by atoms with Crippen LogP contribution in [0.1, 0.15) is 6.92 Å². The van der Waals surface area contributed by atoms with E-state index in [0.29, 0.717) is 12.1 Å². The van der Waals surface area contributed by atoms with Crippen molar-refractivity contribution >= 4 is 0 Å². The predicted molar refractivity (Wildman–Crippen MR) is 45.5 cm³/mol. The van der Waals surface area contributed by atoms with Gasteiger partial charge in [-0.25, -0.2) is 13.2 Å². The molecule has 0 aromatic heterocycles. The van der Waals surface area contributed by atoms with Crippen molar-refractivity contribution in [2.45, 2.75) is 13.0 Å². The van der Waals surface area contributed by atoms with Crippen molar-refractivity contribution in [1.29, 1.82) is 0 Å². The van der Waals surface area contributed by atoms with E-state index >= 15 is 0 Å². The summed E-state index contributed by atoms with van der Waals surface area (Å²) in [6, 6.07) is 1.11. The largest absolute Gasteiger partial charge is 0.483 e. The molecule has 1 aromatic rings. The van der Waals surface area contributed by atoms with Crippen LogP contribution in [0.2, 0.25) is 0 Å². The second kappa shape index (κ2) is 4.32. The van der Waals surface area contributed by atoms with Gasteiger partial charge in [0.25, 0.3) is 0 Å². The molecule has 0 saturated heterocycles. The number of hydrogen-bond acceptors (Lipinski definition) is 2. The summed E-state index contributed by atoms with van der Waals surface area (Å²) in [4.78, 5) is 0. The lowest BCUT2D eigenvalue weighted by atomic mass is 10.3. The average Bonchev–Trinajstić information content (AvgIpc) is 2.10. The molecule has 0 heterocycles. The van der Waals surface area contributed by atoms with Crippen LogP contribution < -0.4 is 10.5 Å². The summed E-state index contributed by atoms with van der Waals surface area (Å²) in [6.45, 7) is 1.68. The number of rotatable bonds is 3. The highest BCUT2D eigenvalue weighted by atomic mass is 19.1. The van der Waals surface area contributed by atoms with E-state index in [1.807, 2.05) is 0 Å². The lowest BCUT2D eigenvalue weighted by Crippen LogP contribution is -2.23. The molecule has 0 spiro atoms. The number of halogens is 3. The molecule has 1 atom stereocenters. The van der Waals surface area contributed by atoms with Crippen molar-refractivity contribution in [1.82, 2.24) is 0 Å². The fourth-order valence-corrected chi connectivity index (χ4v) is 0.891. The van der Waals surface area contributed by atoms with Gasteiger partial charge in [0.1, 0.15) is 11.9 Å². The molecule has 2 nitrogen and oxygen atoms in total. The fraction of sp³-hybridized carbons (Fsp3) is 0.333. The molecular weight excluding hydrogens is 195 g/mol. The highest BCUT2D eigenvalue weighted by Gasteiger charge is 2.14. The maximum atomic E-state index is 13.0. The van der Waals surface area contributed by atoms with Crippen LogP contribution in [0, 0.1) is 17.5 Å². The molecule has 0 fully saturated rings. The summed E-state index contributed by atoms with van der Waals surface area (Å²) >= 11 is 0. The second-order valence-corrected chi connectivity index (χ2v) is 2.86. The predicted octanol–water partition coefficient (Wildman–Crippen LogP) is 1.83. The molecule has 5 heteroatoms. The average molecular weight is 205 g/mol. The monoisotopic (exact) mass is 205 g/mol. The van der Waals surface area contributed by atoms with Crippen LogP contribution in [-0.2, 0) is 0 Å². The van der Waals surface area contributed by atoms with Crippen LogP contribution in [0.5, 0.6) is 5.75 Å². The zero-order valence-electron chi connectivity index (χ0n) is 7.56. The van der Waals surface area contributed by atoms with E-state index in [1.165, 1.54) is 0 Å². The Morgan fingerprint density at radius 3 is 2.21 bits per heavy atom. The highest BCUT2D eigenvalue weighted by Crippen LogP contribution is 2.23. The molecule has 0 aliphatic carbocycles. The smallest absolute Gasteiger partial charge is 0.191 e. The van der Waals surface area contributed by atoms with Crippen LogP contribution >= 0.6 is 0 Å². The lowest BCUT2D eigenvalue weighted by molar-refractivity contribution is 0.208. The first kappa shape index (κ1) is 10.8. The summed E-state index contributed by atoms with van der Waals surface area (Å²) in [7, 11) is 0. The topological polar surface area (TPSA) is 35.2 Å². The molecule has 0 radical (unpaired) electrons. The molecule has 1 aromatic carbocycles. The van der Waals surface area contributed by atoms with Gasteiger partial charge in [-0.05, 0) is 6.92 Å². The quantitative estimate of drug-likeness (QED) is 0.817. The van der Waals surface area contributed by atoms with E-state index in [-0.39, 0.29) is 6.54 Å². The Hall–Kier alpha value is -1.23. The van der Waals surface area contributed by atoms with Gasteiger partial charge in [0.15, 0.2) is 17.4 Å². The lowest BCUT2D eigenvalue weighted by Gasteiger charge is -2.13. The normalized spacial score (nSPS) is 12.6. The van der Waals surface area contributed by atoms with E-state index < -0.39 is 29.3 Å². The minimum atomic E-state index is -1.07. The van der Waals surface area contributed by atoms with Gasteiger partial charge >= 0.3 is 0 Å². The maximum absolute atomic E-state index is 13.0. The van der Waals surface area contributed by atoms with Gasteiger partial charge < -0.3 is 10.5 Å². The van der Waals surface area contributed by atoms with E-state index in [1.54, 1.807) is 6.92 Å². The number of nitrogens with two attached hydrogens (primary N) is 1. The highest BCUT2D eigenvalue weighted by molar-refractivity contribution is 5.27. The van der Waals surface area contributed by atoms with E-state index in [0.717, 1.165) is 0 Å². The fourth-order valence-electron chi connectivity index (χ4n) is 0.891. The molecule has 0 amide bonds.